The minimum atomic E-state index is -5.44. The van der Waals surface area contributed by atoms with Gasteiger partial charge in [-0.3, -0.25) is 0 Å². The van der Waals surface area contributed by atoms with Crippen LogP contribution in [0.25, 0.3) is 45.5 Å². The van der Waals surface area contributed by atoms with Crippen molar-refractivity contribution in [1.82, 2.24) is 0 Å². The Hall–Kier alpha value is -3.52. The number of aryl methyl sites for hydroxylation is 2. The van der Waals surface area contributed by atoms with Crippen LogP contribution in [-0.4, -0.2) is 9.52 Å². The molecule has 0 fully saturated rings. The van der Waals surface area contributed by atoms with Crippen molar-refractivity contribution in [3.63, 3.8) is 0 Å². The Morgan fingerprint density at radius 3 is 1.48 bits per heavy atom. The monoisotopic (exact) mass is 807 g/mol. The first-order valence-electron chi connectivity index (χ1n) is 18.8. The Balaban J connectivity index is 1.33. The summed E-state index contributed by atoms with van der Waals surface area (Å²) in [7, 11) is 17.3. The molecule has 0 amide bonds. The zero-order valence-corrected chi connectivity index (χ0v) is 35.7. The zero-order chi connectivity index (χ0) is 35.8. The van der Waals surface area contributed by atoms with Crippen molar-refractivity contribution in [1.29, 1.82) is 0 Å². The van der Waals surface area contributed by atoms with Crippen LogP contribution in [-0.2, 0) is 29.2 Å². The molecule has 0 N–H and O–H groups in total. The van der Waals surface area contributed by atoms with E-state index in [2.05, 4.69) is 167 Å². The van der Waals surface area contributed by atoms with Crippen LogP contribution in [0.3, 0.4) is 0 Å². The van der Waals surface area contributed by atoms with Crippen LogP contribution in [0.15, 0.2) is 139 Å². The quantitative estimate of drug-likeness (QED) is 0.141. The van der Waals surface area contributed by atoms with Crippen molar-refractivity contribution in [2.45, 2.75) is 47.8 Å². The third kappa shape index (κ3) is 4.94. The SMILES string of the molecule is CCc1ccccc1-c1cccc2c1C=C(C)[CH]2[Zr]([Cl])([Cl])([c]1cccc2c1[SiH2]c1ccccc1-2)[CH]1C(C)=Cc2c(-c3ccccc3CC)cccc21. The Labute approximate surface area is 319 Å². The van der Waals surface area contributed by atoms with Crippen LogP contribution in [0.2, 0.25) is 0 Å². The number of rotatable bonds is 7. The van der Waals surface area contributed by atoms with Crippen LogP contribution in [0.5, 0.6) is 0 Å². The molecule has 6 aromatic rings. The summed E-state index contributed by atoms with van der Waals surface area (Å²) in [6.45, 7) is 9.10. The van der Waals surface area contributed by atoms with E-state index in [1.54, 1.807) is 0 Å². The number of allylic oxidation sites excluding steroid dienone is 2. The van der Waals surface area contributed by atoms with E-state index in [0.29, 0.717) is 0 Å². The van der Waals surface area contributed by atoms with Gasteiger partial charge >= 0.3 is 322 Å². The van der Waals surface area contributed by atoms with Crippen molar-refractivity contribution in [3.8, 4) is 33.4 Å². The molecule has 1 aliphatic heterocycles. The summed E-state index contributed by atoms with van der Waals surface area (Å²) in [5, 5.41) is 2.95. The molecule has 0 nitrogen and oxygen atoms in total. The molecule has 0 spiro atoms. The third-order valence-electron chi connectivity index (χ3n) is 12.4. The van der Waals surface area contributed by atoms with E-state index in [-0.39, 0.29) is 7.25 Å². The summed E-state index contributed by atoms with van der Waals surface area (Å²) >= 11 is -5.44. The number of hydrogen-bond donors (Lipinski definition) is 0. The van der Waals surface area contributed by atoms with E-state index in [4.69, 9.17) is 17.0 Å². The molecule has 52 heavy (non-hydrogen) atoms. The zero-order valence-electron chi connectivity index (χ0n) is 30.3. The van der Waals surface area contributed by atoms with Gasteiger partial charge in [0.1, 0.15) is 0 Å². The molecule has 4 heteroatoms. The Morgan fingerprint density at radius 2 is 0.942 bits per heavy atom. The molecule has 2 aliphatic carbocycles. The number of hydrogen-bond acceptors (Lipinski definition) is 0. The molecule has 0 aromatic heterocycles. The van der Waals surface area contributed by atoms with Gasteiger partial charge in [0, 0.05) is 0 Å². The molecule has 2 unspecified atom stereocenters. The molecule has 1 heterocycles. The van der Waals surface area contributed by atoms with E-state index in [9.17, 15) is 0 Å². The van der Waals surface area contributed by atoms with Gasteiger partial charge in [-0.1, -0.05) is 0 Å². The van der Waals surface area contributed by atoms with Gasteiger partial charge in [0.05, 0.1) is 0 Å². The predicted octanol–water partition coefficient (Wildman–Crippen LogP) is 11.2. The van der Waals surface area contributed by atoms with Crippen LogP contribution in [0, 0.1) is 0 Å². The van der Waals surface area contributed by atoms with Crippen molar-refractivity contribution < 1.29 is 16.4 Å². The first-order chi connectivity index (χ1) is 25.2. The summed E-state index contributed by atoms with van der Waals surface area (Å²) in [6.07, 6.45) is 6.82. The summed E-state index contributed by atoms with van der Waals surface area (Å²) < 4.78 is 1.12. The van der Waals surface area contributed by atoms with Crippen molar-refractivity contribution >= 4 is 52.3 Å². The molecule has 0 saturated heterocycles. The molecule has 3 aliphatic rings. The van der Waals surface area contributed by atoms with Crippen molar-refractivity contribution in [2.24, 2.45) is 0 Å². The molecule has 257 valence electrons. The van der Waals surface area contributed by atoms with Crippen LogP contribution in [0.1, 0.15) is 68.3 Å². The summed E-state index contributed by atoms with van der Waals surface area (Å²) in [5.41, 5.74) is 18.3. The van der Waals surface area contributed by atoms with Gasteiger partial charge in [0.15, 0.2) is 0 Å². The molecule has 6 aromatic carbocycles. The van der Waals surface area contributed by atoms with E-state index in [1.807, 2.05) is 0 Å². The van der Waals surface area contributed by atoms with Gasteiger partial charge in [-0.25, -0.2) is 0 Å². The summed E-state index contributed by atoms with van der Waals surface area (Å²) in [5.74, 6) is 0. The van der Waals surface area contributed by atoms with E-state index < -0.39 is 25.9 Å². The van der Waals surface area contributed by atoms with Gasteiger partial charge in [-0.15, -0.1) is 0 Å². The van der Waals surface area contributed by atoms with Crippen LogP contribution < -0.4 is 13.6 Å². The number of halogens is 2. The van der Waals surface area contributed by atoms with Crippen molar-refractivity contribution in [2.75, 3.05) is 0 Å². The fourth-order valence-corrected chi connectivity index (χ4v) is 39.0. The molecule has 0 saturated carbocycles. The number of benzene rings is 6. The normalized spacial score (nSPS) is 18.2. The third-order valence-corrected chi connectivity index (χ3v) is 35.6. The van der Waals surface area contributed by atoms with E-state index in [1.165, 1.54) is 91.6 Å². The second-order valence-corrected chi connectivity index (χ2v) is 37.5. The van der Waals surface area contributed by atoms with Crippen LogP contribution in [0.4, 0.5) is 0 Å². The molecular formula is C48H43Cl2SiZr. The first kappa shape index (κ1) is 34.3. The molecule has 9 rings (SSSR count). The Morgan fingerprint density at radius 1 is 0.500 bits per heavy atom. The van der Waals surface area contributed by atoms with Gasteiger partial charge < -0.3 is 0 Å². The standard InChI is InChI=1S/2C18H17.C12H9Si.2ClH.Zr/c2*1-3-14-7-4-5-9-16(14)17-10-6-8-15-11-13(2)12-18(15)17;1-3-7-11-9(5-1)10-6-2-4-8-12(10)13-11;;;/h2*4-12H,3H2,1-2H3;1-7H,13H2;2*1H;/q;;;;;+2/p-2. The predicted molar refractivity (Wildman–Crippen MR) is 226 cm³/mol. The summed E-state index contributed by atoms with van der Waals surface area (Å²) in [4.78, 5) is 0. The van der Waals surface area contributed by atoms with Gasteiger partial charge in [0.25, 0.3) is 0 Å². The Kier molecular flexibility index (Phi) is 8.44. The summed E-state index contributed by atoms with van der Waals surface area (Å²) in [6, 6.07) is 47.4. The van der Waals surface area contributed by atoms with Gasteiger partial charge in [-0.2, -0.15) is 0 Å². The average molecular weight is 810 g/mol. The molecule has 0 radical (unpaired) electrons. The second kappa shape index (κ2) is 12.8. The average Bonchev–Trinajstić information content (AvgIpc) is 3.84. The van der Waals surface area contributed by atoms with E-state index >= 15 is 0 Å². The topological polar surface area (TPSA) is 0 Å². The number of fused-ring (bicyclic) bond motifs is 5. The van der Waals surface area contributed by atoms with Gasteiger partial charge in [0.2, 0.25) is 0 Å². The van der Waals surface area contributed by atoms with Crippen molar-refractivity contribution in [3.05, 3.63) is 172 Å². The molecule has 0 bridgehead atoms. The fourth-order valence-electron chi connectivity index (χ4n) is 10.2. The van der Waals surface area contributed by atoms with Gasteiger partial charge in [-0.05, 0) is 0 Å². The molecule has 2 atom stereocenters. The first-order valence-corrected chi connectivity index (χ1v) is 30.6. The van der Waals surface area contributed by atoms with Crippen LogP contribution >= 0.6 is 17.0 Å². The molecular weight excluding hydrogens is 767 g/mol. The maximum atomic E-state index is 9.03. The second-order valence-electron chi connectivity index (χ2n) is 15.1. The Bertz CT molecular complexity index is 2380. The minimum absolute atomic E-state index is 0.0800. The maximum absolute atomic E-state index is 9.03. The van der Waals surface area contributed by atoms with E-state index in [0.717, 1.165) is 12.8 Å². The fraction of sp³-hybridized carbons (Fsp3) is 0.167.